The van der Waals surface area contributed by atoms with Crippen LogP contribution in [0, 0.1) is 5.92 Å². The molecular weight excluding hydrogens is 246 g/mol. The average Bonchev–Trinajstić information content (AvgIpc) is 2.77. The highest BCUT2D eigenvalue weighted by atomic mass is 35.5. The van der Waals surface area contributed by atoms with Crippen molar-refractivity contribution in [2.45, 2.75) is 39.2 Å². The van der Waals surface area contributed by atoms with Crippen molar-refractivity contribution in [3.63, 3.8) is 0 Å². The van der Waals surface area contributed by atoms with Gasteiger partial charge in [-0.25, -0.2) is 0 Å². The molecule has 1 aromatic heterocycles. The Balaban J connectivity index is 2.19. The van der Waals surface area contributed by atoms with Crippen LogP contribution in [0.3, 0.4) is 0 Å². The molecule has 0 saturated heterocycles. The fourth-order valence-corrected chi connectivity index (χ4v) is 2.37. The Labute approximate surface area is 113 Å². The number of hydrogen-bond donors (Lipinski definition) is 1. The fraction of sp³-hybridized carbons (Fsp3) is 0.467. The quantitative estimate of drug-likeness (QED) is 0.834. The summed E-state index contributed by atoms with van der Waals surface area (Å²) in [7, 11) is 0. The van der Waals surface area contributed by atoms with Gasteiger partial charge < -0.3 is 10.2 Å². The van der Waals surface area contributed by atoms with E-state index < -0.39 is 0 Å². The third-order valence-electron chi connectivity index (χ3n) is 3.45. The molecule has 0 saturated carbocycles. The van der Waals surface area contributed by atoms with E-state index in [-0.39, 0.29) is 6.04 Å². The number of benzene rings is 1. The van der Waals surface area contributed by atoms with E-state index in [1.165, 1.54) is 12.8 Å². The molecular formula is C15H20ClNO. The van der Waals surface area contributed by atoms with Gasteiger partial charge >= 0.3 is 0 Å². The predicted molar refractivity (Wildman–Crippen MR) is 76.8 cm³/mol. The van der Waals surface area contributed by atoms with Crippen LogP contribution in [0.4, 0.5) is 0 Å². The molecule has 2 atom stereocenters. The fourth-order valence-electron chi connectivity index (χ4n) is 2.19. The number of unbranched alkanes of at least 4 members (excludes halogenated alkanes) is 1. The van der Waals surface area contributed by atoms with E-state index in [4.69, 9.17) is 21.8 Å². The van der Waals surface area contributed by atoms with Gasteiger partial charge in [0.05, 0.1) is 6.04 Å². The maximum absolute atomic E-state index is 6.25. The van der Waals surface area contributed by atoms with Gasteiger partial charge in [-0.1, -0.05) is 38.3 Å². The van der Waals surface area contributed by atoms with Crippen molar-refractivity contribution in [2.75, 3.05) is 0 Å². The van der Waals surface area contributed by atoms with Gasteiger partial charge in [-0.15, -0.1) is 0 Å². The molecule has 1 aromatic carbocycles. The monoisotopic (exact) mass is 265 g/mol. The van der Waals surface area contributed by atoms with Crippen LogP contribution < -0.4 is 5.73 Å². The molecule has 2 aromatic rings. The van der Waals surface area contributed by atoms with Crippen LogP contribution in [0.5, 0.6) is 0 Å². The molecule has 0 aliphatic heterocycles. The topological polar surface area (TPSA) is 39.2 Å². The van der Waals surface area contributed by atoms with Crippen LogP contribution in [-0.2, 0) is 0 Å². The largest absolute Gasteiger partial charge is 0.459 e. The molecule has 0 spiro atoms. The molecule has 98 valence electrons. The summed E-state index contributed by atoms with van der Waals surface area (Å²) in [5.41, 5.74) is 7.11. The Hall–Kier alpha value is -0.990. The maximum atomic E-state index is 6.25. The van der Waals surface area contributed by atoms with E-state index in [0.29, 0.717) is 5.92 Å². The highest BCUT2D eigenvalue weighted by Crippen LogP contribution is 2.30. The lowest BCUT2D eigenvalue weighted by Gasteiger charge is -2.17. The highest BCUT2D eigenvalue weighted by Gasteiger charge is 2.18. The molecule has 0 aliphatic carbocycles. The summed E-state index contributed by atoms with van der Waals surface area (Å²) in [6.07, 6.45) is 3.54. The Morgan fingerprint density at radius 1 is 1.33 bits per heavy atom. The normalized spacial score (nSPS) is 14.9. The van der Waals surface area contributed by atoms with Gasteiger partial charge in [0.15, 0.2) is 0 Å². The molecule has 0 fully saturated rings. The van der Waals surface area contributed by atoms with Gasteiger partial charge in [-0.05, 0) is 36.6 Å². The molecule has 0 bridgehead atoms. The zero-order valence-corrected chi connectivity index (χ0v) is 11.7. The van der Waals surface area contributed by atoms with E-state index in [2.05, 4.69) is 13.8 Å². The van der Waals surface area contributed by atoms with Crippen LogP contribution in [0.1, 0.15) is 44.9 Å². The van der Waals surface area contributed by atoms with Crippen molar-refractivity contribution in [1.29, 1.82) is 0 Å². The number of halogens is 1. The maximum Gasteiger partial charge on any atom is 0.134 e. The number of fused-ring (bicyclic) bond motifs is 1. The van der Waals surface area contributed by atoms with Crippen molar-refractivity contribution < 1.29 is 4.42 Å². The van der Waals surface area contributed by atoms with Crippen molar-refractivity contribution in [3.8, 4) is 0 Å². The van der Waals surface area contributed by atoms with E-state index >= 15 is 0 Å². The van der Waals surface area contributed by atoms with Gasteiger partial charge in [0.2, 0.25) is 0 Å². The van der Waals surface area contributed by atoms with E-state index in [0.717, 1.165) is 28.2 Å². The summed E-state index contributed by atoms with van der Waals surface area (Å²) < 4.78 is 5.80. The molecule has 2 N–H and O–H groups in total. The van der Waals surface area contributed by atoms with Crippen LogP contribution in [-0.4, -0.2) is 0 Å². The van der Waals surface area contributed by atoms with Crippen molar-refractivity contribution in [3.05, 3.63) is 35.0 Å². The molecule has 3 heteroatoms. The lowest BCUT2D eigenvalue weighted by molar-refractivity contribution is 0.370. The predicted octanol–water partition coefficient (Wildman–Crippen LogP) is 4.91. The van der Waals surface area contributed by atoms with Crippen molar-refractivity contribution in [2.24, 2.45) is 11.7 Å². The molecule has 2 rings (SSSR count). The summed E-state index contributed by atoms with van der Waals surface area (Å²) in [5.74, 6) is 1.29. The summed E-state index contributed by atoms with van der Waals surface area (Å²) in [6, 6.07) is 7.61. The first-order chi connectivity index (χ1) is 8.61. The van der Waals surface area contributed by atoms with Gasteiger partial charge in [-0.3, -0.25) is 0 Å². The Morgan fingerprint density at radius 3 is 2.83 bits per heavy atom. The minimum absolute atomic E-state index is 0.0391. The second-order valence-corrected chi connectivity index (χ2v) is 5.41. The zero-order valence-electron chi connectivity index (χ0n) is 10.9. The number of furan rings is 1. The smallest absolute Gasteiger partial charge is 0.134 e. The number of nitrogens with two attached hydrogens (primary N) is 1. The Bertz CT molecular complexity index is 520. The summed E-state index contributed by atoms with van der Waals surface area (Å²) in [5, 5.41) is 1.75. The van der Waals surface area contributed by atoms with Crippen LogP contribution in [0.25, 0.3) is 11.0 Å². The molecule has 0 radical (unpaired) electrons. The molecule has 0 amide bonds. The van der Waals surface area contributed by atoms with Gasteiger partial charge in [-0.2, -0.15) is 0 Å². The van der Waals surface area contributed by atoms with Crippen molar-refractivity contribution in [1.82, 2.24) is 0 Å². The lowest BCUT2D eigenvalue weighted by Crippen LogP contribution is -2.18. The zero-order chi connectivity index (χ0) is 13.1. The van der Waals surface area contributed by atoms with Crippen molar-refractivity contribution >= 4 is 22.6 Å². The second kappa shape index (κ2) is 5.77. The number of hydrogen-bond acceptors (Lipinski definition) is 2. The summed E-state index contributed by atoms with van der Waals surface area (Å²) >= 11 is 5.97. The van der Waals surface area contributed by atoms with E-state index in [1.54, 1.807) is 0 Å². The second-order valence-electron chi connectivity index (χ2n) is 4.98. The first kappa shape index (κ1) is 13.4. The van der Waals surface area contributed by atoms with Gasteiger partial charge in [0, 0.05) is 10.4 Å². The van der Waals surface area contributed by atoms with Crippen LogP contribution in [0.15, 0.2) is 28.7 Å². The van der Waals surface area contributed by atoms with Crippen LogP contribution >= 0.6 is 11.6 Å². The summed E-state index contributed by atoms with van der Waals surface area (Å²) in [6.45, 7) is 4.38. The molecule has 2 nitrogen and oxygen atoms in total. The molecule has 1 heterocycles. The number of rotatable bonds is 5. The minimum Gasteiger partial charge on any atom is -0.459 e. The SMILES string of the molecule is CCCCC(C)C(N)c1cc2cc(Cl)ccc2o1. The first-order valence-electron chi connectivity index (χ1n) is 6.56. The Kier molecular flexibility index (Phi) is 4.31. The first-order valence-corrected chi connectivity index (χ1v) is 6.94. The van der Waals surface area contributed by atoms with E-state index in [9.17, 15) is 0 Å². The van der Waals surface area contributed by atoms with E-state index in [1.807, 2.05) is 24.3 Å². The van der Waals surface area contributed by atoms with Crippen LogP contribution in [0.2, 0.25) is 5.02 Å². The molecule has 2 unspecified atom stereocenters. The average molecular weight is 266 g/mol. The lowest BCUT2D eigenvalue weighted by atomic mass is 9.95. The van der Waals surface area contributed by atoms with Gasteiger partial charge in [0.25, 0.3) is 0 Å². The minimum atomic E-state index is -0.0391. The van der Waals surface area contributed by atoms with Gasteiger partial charge in [0.1, 0.15) is 11.3 Å². The molecule has 0 aliphatic rings. The highest BCUT2D eigenvalue weighted by molar-refractivity contribution is 6.31. The standard InChI is InChI=1S/C15H20ClNO/c1-3-4-5-10(2)15(17)14-9-11-8-12(16)6-7-13(11)18-14/h6-10,15H,3-5,17H2,1-2H3. The molecule has 18 heavy (non-hydrogen) atoms. The third-order valence-corrected chi connectivity index (χ3v) is 3.69. The Morgan fingerprint density at radius 2 is 2.11 bits per heavy atom. The summed E-state index contributed by atoms with van der Waals surface area (Å²) in [4.78, 5) is 0. The third kappa shape index (κ3) is 2.88.